The summed E-state index contributed by atoms with van der Waals surface area (Å²) >= 11 is 5.24. The minimum absolute atomic E-state index is 0.313. The Labute approximate surface area is 104 Å². The van der Waals surface area contributed by atoms with Gasteiger partial charge in [0.15, 0.2) is 0 Å². The predicted molar refractivity (Wildman–Crippen MR) is 69.4 cm³/mol. The SMILES string of the molecule is CC(NCCCCCO)c1ccc(Br)s1. The lowest BCUT2D eigenvalue weighted by molar-refractivity contribution is 0.282. The fourth-order valence-corrected chi connectivity index (χ4v) is 2.84. The summed E-state index contributed by atoms with van der Waals surface area (Å²) < 4.78 is 1.19. The Kier molecular flexibility index (Phi) is 6.48. The van der Waals surface area contributed by atoms with Gasteiger partial charge in [0.2, 0.25) is 0 Å². The average molecular weight is 292 g/mol. The zero-order valence-corrected chi connectivity index (χ0v) is 11.4. The van der Waals surface area contributed by atoms with Gasteiger partial charge in [0, 0.05) is 17.5 Å². The minimum atomic E-state index is 0.313. The van der Waals surface area contributed by atoms with Crippen molar-refractivity contribution in [2.45, 2.75) is 32.2 Å². The normalized spacial score (nSPS) is 13.0. The molecule has 1 heterocycles. The smallest absolute Gasteiger partial charge is 0.0701 e. The molecule has 0 saturated heterocycles. The van der Waals surface area contributed by atoms with Crippen molar-refractivity contribution in [2.75, 3.05) is 13.2 Å². The molecule has 1 atom stereocenters. The summed E-state index contributed by atoms with van der Waals surface area (Å²) in [7, 11) is 0. The molecule has 0 saturated carbocycles. The van der Waals surface area contributed by atoms with E-state index in [0.717, 1.165) is 25.8 Å². The molecule has 0 aromatic carbocycles. The van der Waals surface area contributed by atoms with Gasteiger partial charge < -0.3 is 10.4 Å². The molecule has 15 heavy (non-hydrogen) atoms. The first-order valence-electron chi connectivity index (χ1n) is 5.33. The van der Waals surface area contributed by atoms with Crippen LogP contribution in [0.3, 0.4) is 0 Å². The van der Waals surface area contributed by atoms with Gasteiger partial charge in [-0.2, -0.15) is 0 Å². The van der Waals surface area contributed by atoms with Crippen LogP contribution in [-0.4, -0.2) is 18.3 Å². The quantitative estimate of drug-likeness (QED) is 0.756. The van der Waals surface area contributed by atoms with Gasteiger partial charge in [0.1, 0.15) is 0 Å². The van der Waals surface area contributed by atoms with E-state index in [1.54, 1.807) is 11.3 Å². The molecule has 1 rings (SSSR count). The van der Waals surface area contributed by atoms with E-state index < -0.39 is 0 Å². The van der Waals surface area contributed by atoms with Gasteiger partial charge in [-0.05, 0) is 60.8 Å². The molecular formula is C11H18BrNOS. The van der Waals surface area contributed by atoms with Gasteiger partial charge in [-0.15, -0.1) is 11.3 Å². The third-order valence-corrected chi connectivity index (χ3v) is 4.11. The molecule has 1 aromatic heterocycles. The molecule has 86 valence electrons. The summed E-state index contributed by atoms with van der Waals surface area (Å²) in [6.07, 6.45) is 3.16. The number of rotatable bonds is 7. The van der Waals surface area contributed by atoms with E-state index in [1.165, 1.54) is 8.66 Å². The molecule has 1 unspecified atom stereocenters. The third kappa shape index (κ3) is 5.11. The van der Waals surface area contributed by atoms with E-state index in [9.17, 15) is 0 Å². The van der Waals surface area contributed by atoms with E-state index in [1.807, 2.05) is 0 Å². The van der Waals surface area contributed by atoms with Crippen molar-refractivity contribution in [3.05, 3.63) is 20.8 Å². The largest absolute Gasteiger partial charge is 0.396 e. The van der Waals surface area contributed by atoms with Crippen molar-refractivity contribution in [3.63, 3.8) is 0 Å². The van der Waals surface area contributed by atoms with Gasteiger partial charge in [0.25, 0.3) is 0 Å². The fraction of sp³-hybridized carbons (Fsp3) is 0.636. The third-order valence-electron chi connectivity index (χ3n) is 2.31. The Morgan fingerprint density at radius 2 is 2.20 bits per heavy atom. The summed E-state index contributed by atoms with van der Waals surface area (Å²) in [5.41, 5.74) is 0. The Morgan fingerprint density at radius 1 is 1.40 bits per heavy atom. The fourth-order valence-electron chi connectivity index (χ4n) is 1.39. The molecule has 0 aliphatic heterocycles. The maximum atomic E-state index is 8.63. The highest BCUT2D eigenvalue weighted by Crippen LogP contribution is 2.26. The standard InChI is InChI=1S/C11H18BrNOS/c1-9(10-5-6-11(12)15-10)13-7-3-2-4-8-14/h5-6,9,13-14H,2-4,7-8H2,1H3. The summed E-state index contributed by atoms with van der Waals surface area (Å²) in [6, 6.07) is 4.67. The molecule has 0 amide bonds. The molecule has 0 bridgehead atoms. The monoisotopic (exact) mass is 291 g/mol. The average Bonchev–Trinajstić information content (AvgIpc) is 2.64. The summed E-state index contributed by atoms with van der Waals surface area (Å²) in [5.74, 6) is 0. The molecule has 0 spiro atoms. The predicted octanol–water partition coefficient (Wildman–Crippen LogP) is 3.32. The molecule has 0 aliphatic carbocycles. The number of halogens is 1. The van der Waals surface area contributed by atoms with Gasteiger partial charge in [-0.1, -0.05) is 0 Å². The van der Waals surface area contributed by atoms with Crippen molar-refractivity contribution >= 4 is 27.3 Å². The first kappa shape index (κ1) is 13.2. The highest BCUT2D eigenvalue weighted by molar-refractivity contribution is 9.11. The maximum absolute atomic E-state index is 8.63. The molecule has 0 radical (unpaired) electrons. The molecule has 2 N–H and O–H groups in total. The van der Waals surface area contributed by atoms with E-state index in [4.69, 9.17) is 5.11 Å². The Hall–Kier alpha value is 0.1000. The zero-order valence-electron chi connectivity index (χ0n) is 9.00. The highest BCUT2D eigenvalue weighted by atomic mass is 79.9. The number of unbranched alkanes of at least 4 members (excludes halogenated alkanes) is 2. The molecular weight excluding hydrogens is 274 g/mol. The lowest BCUT2D eigenvalue weighted by atomic mass is 10.2. The van der Waals surface area contributed by atoms with Crippen LogP contribution in [-0.2, 0) is 0 Å². The van der Waals surface area contributed by atoms with E-state index in [2.05, 4.69) is 40.3 Å². The van der Waals surface area contributed by atoms with Crippen LogP contribution >= 0.6 is 27.3 Å². The zero-order chi connectivity index (χ0) is 11.1. The van der Waals surface area contributed by atoms with Crippen molar-refractivity contribution < 1.29 is 5.11 Å². The number of aliphatic hydroxyl groups is 1. The van der Waals surface area contributed by atoms with Crippen molar-refractivity contribution in [3.8, 4) is 0 Å². The molecule has 4 heteroatoms. The van der Waals surface area contributed by atoms with Crippen LogP contribution in [0.15, 0.2) is 15.9 Å². The first-order valence-corrected chi connectivity index (χ1v) is 6.94. The van der Waals surface area contributed by atoms with Gasteiger partial charge in [-0.25, -0.2) is 0 Å². The van der Waals surface area contributed by atoms with Crippen LogP contribution < -0.4 is 5.32 Å². The second-order valence-corrected chi connectivity index (χ2v) is 6.10. The van der Waals surface area contributed by atoms with Crippen LogP contribution in [0.2, 0.25) is 0 Å². The molecule has 2 nitrogen and oxygen atoms in total. The Morgan fingerprint density at radius 3 is 2.80 bits per heavy atom. The van der Waals surface area contributed by atoms with Crippen LogP contribution in [0.1, 0.15) is 37.1 Å². The lowest BCUT2D eigenvalue weighted by Crippen LogP contribution is -2.18. The van der Waals surface area contributed by atoms with Crippen LogP contribution in [0.25, 0.3) is 0 Å². The highest BCUT2D eigenvalue weighted by Gasteiger charge is 2.06. The van der Waals surface area contributed by atoms with E-state index >= 15 is 0 Å². The van der Waals surface area contributed by atoms with Gasteiger partial charge in [0.05, 0.1) is 3.79 Å². The first-order chi connectivity index (χ1) is 7.24. The van der Waals surface area contributed by atoms with Crippen LogP contribution in [0.5, 0.6) is 0 Å². The minimum Gasteiger partial charge on any atom is -0.396 e. The maximum Gasteiger partial charge on any atom is 0.0701 e. The van der Waals surface area contributed by atoms with Crippen molar-refractivity contribution in [2.24, 2.45) is 0 Å². The Balaban J connectivity index is 2.16. The lowest BCUT2D eigenvalue weighted by Gasteiger charge is -2.11. The second kappa shape index (κ2) is 7.39. The van der Waals surface area contributed by atoms with Crippen LogP contribution in [0.4, 0.5) is 0 Å². The summed E-state index contributed by atoms with van der Waals surface area (Å²) in [4.78, 5) is 1.36. The van der Waals surface area contributed by atoms with E-state index in [0.29, 0.717) is 12.6 Å². The topological polar surface area (TPSA) is 32.3 Å². The molecule has 1 aromatic rings. The Bertz CT molecular complexity index is 277. The van der Waals surface area contributed by atoms with Gasteiger partial charge in [-0.3, -0.25) is 0 Å². The number of nitrogens with one attached hydrogen (secondary N) is 1. The van der Waals surface area contributed by atoms with E-state index in [-0.39, 0.29) is 0 Å². The summed E-state index contributed by atoms with van der Waals surface area (Å²) in [5, 5.41) is 12.1. The number of aliphatic hydroxyl groups excluding tert-OH is 1. The van der Waals surface area contributed by atoms with Gasteiger partial charge >= 0.3 is 0 Å². The van der Waals surface area contributed by atoms with Crippen LogP contribution in [0, 0.1) is 0 Å². The molecule has 0 aliphatic rings. The summed E-state index contributed by atoms with van der Waals surface area (Å²) in [6.45, 7) is 3.52. The number of hydrogen-bond acceptors (Lipinski definition) is 3. The number of hydrogen-bond donors (Lipinski definition) is 2. The number of thiophene rings is 1. The van der Waals surface area contributed by atoms with Crippen molar-refractivity contribution in [1.82, 2.24) is 5.32 Å². The molecule has 0 fully saturated rings. The second-order valence-electron chi connectivity index (χ2n) is 3.60. The van der Waals surface area contributed by atoms with Crippen molar-refractivity contribution in [1.29, 1.82) is 0 Å².